The van der Waals surface area contributed by atoms with Crippen molar-refractivity contribution in [2.45, 2.75) is 0 Å². The number of anilines is 5. The molecule has 0 radical (unpaired) electrons. The zero-order chi connectivity index (χ0) is 32.8. The number of benzene rings is 8. The van der Waals surface area contributed by atoms with Crippen LogP contribution in [0.2, 0.25) is 0 Å². The van der Waals surface area contributed by atoms with Gasteiger partial charge in [0.25, 0.3) is 0 Å². The Balaban J connectivity index is 1.28. The summed E-state index contributed by atoms with van der Waals surface area (Å²) in [6, 6.07) is 65.0. The van der Waals surface area contributed by atoms with E-state index >= 15 is 0 Å². The van der Waals surface area contributed by atoms with Crippen LogP contribution in [0.3, 0.4) is 0 Å². The van der Waals surface area contributed by atoms with Crippen LogP contribution in [-0.2, 0) is 0 Å². The third-order valence-electron chi connectivity index (χ3n) is 10.6. The summed E-state index contributed by atoms with van der Waals surface area (Å²) < 4.78 is 2.61. The third kappa shape index (κ3) is 3.85. The van der Waals surface area contributed by atoms with Crippen molar-refractivity contribution < 1.29 is 0 Å². The highest BCUT2D eigenvalue weighted by atomic mass is 32.1. The normalized spacial score (nSPS) is 13.1. The number of fused-ring (bicyclic) bond motifs is 8. The molecule has 0 saturated carbocycles. The lowest BCUT2D eigenvalue weighted by Gasteiger charge is -2.46. The summed E-state index contributed by atoms with van der Waals surface area (Å²) in [6.07, 6.45) is 0. The number of rotatable bonds is 3. The predicted octanol–water partition coefficient (Wildman–Crippen LogP) is 11.6. The van der Waals surface area contributed by atoms with Crippen molar-refractivity contribution in [3.8, 4) is 22.3 Å². The SMILES string of the molecule is c1ccc(-c2ccc3sc4ccccc4c3c2N2c3ccccc3B3c4c(cccc42)-c2ccccc2N3c2cccc3ccccc23)cc1. The first kappa shape index (κ1) is 27.8. The number of para-hydroxylation sites is 2. The minimum atomic E-state index is -0.0204. The van der Waals surface area contributed by atoms with Gasteiger partial charge in [-0.3, -0.25) is 0 Å². The van der Waals surface area contributed by atoms with Gasteiger partial charge in [-0.05, 0) is 63.8 Å². The first-order valence-electron chi connectivity index (χ1n) is 17.2. The maximum absolute atomic E-state index is 2.61. The highest BCUT2D eigenvalue weighted by Gasteiger charge is 2.45. The van der Waals surface area contributed by atoms with E-state index < -0.39 is 0 Å². The smallest absolute Gasteiger partial charge is 0.333 e. The first-order chi connectivity index (χ1) is 24.8. The summed E-state index contributed by atoms with van der Waals surface area (Å²) in [4.78, 5) is 5.20. The summed E-state index contributed by atoms with van der Waals surface area (Å²) in [5.74, 6) is 0. The van der Waals surface area contributed by atoms with E-state index in [0.29, 0.717) is 0 Å². The van der Waals surface area contributed by atoms with E-state index in [1.807, 2.05) is 11.3 Å². The molecular weight excluding hydrogens is 623 g/mol. The minimum Gasteiger partial charge on any atom is -0.376 e. The Morgan fingerprint density at radius 1 is 0.420 bits per heavy atom. The molecule has 9 aromatic rings. The van der Waals surface area contributed by atoms with Gasteiger partial charge in [0.15, 0.2) is 0 Å². The second kappa shape index (κ2) is 10.7. The Morgan fingerprint density at radius 2 is 1.08 bits per heavy atom. The molecule has 0 spiro atoms. The Morgan fingerprint density at radius 3 is 2.00 bits per heavy atom. The van der Waals surface area contributed by atoms with Crippen LogP contribution in [-0.4, -0.2) is 6.85 Å². The van der Waals surface area contributed by atoms with Crippen LogP contribution >= 0.6 is 11.3 Å². The first-order valence-corrected chi connectivity index (χ1v) is 18.0. The second-order valence-corrected chi connectivity index (χ2v) is 14.3. The molecule has 3 heterocycles. The fraction of sp³-hybridized carbons (Fsp3) is 0. The number of hydrogen-bond donors (Lipinski definition) is 0. The zero-order valence-electron chi connectivity index (χ0n) is 27.1. The molecule has 0 aliphatic carbocycles. The van der Waals surface area contributed by atoms with Crippen molar-refractivity contribution in [3.63, 3.8) is 0 Å². The van der Waals surface area contributed by atoms with Gasteiger partial charge in [0.05, 0.1) is 5.69 Å². The van der Waals surface area contributed by atoms with Crippen LogP contribution in [0.25, 0.3) is 53.2 Å². The summed E-state index contributed by atoms with van der Waals surface area (Å²) in [5, 5.41) is 5.11. The molecule has 2 nitrogen and oxygen atoms in total. The fourth-order valence-electron chi connectivity index (χ4n) is 8.61. The Labute approximate surface area is 295 Å². The molecule has 1 aromatic heterocycles. The fourth-order valence-corrected chi connectivity index (χ4v) is 9.71. The molecule has 11 rings (SSSR count). The summed E-state index contributed by atoms with van der Waals surface area (Å²) in [6.45, 7) is -0.0204. The van der Waals surface area contributed by atoms with E-state index in [1.54, 1.807) is 0 Å². The van der Waals surface area contributed by atoms with Gasteiger partial charge in [-0.2, -0.15) is 0 Å². The van der Waals surface area contributed by atoms with Crippen molar-refractivity contribution in [1.82, 2.24) is 0 Å². The molecule has 0 N–H and O–H groups in total. The highest BCUT2D eigenvalue weighted by Crippen LogP contribution is 2.52. The van der Waals surface area contributed by atoms with Crippen molar-refractivity contribution in [1.29, 1.82) is 0 Å². The molecule has 50 heavy (non-hydrogen) atoms. The molecule has 0 saturated heterocycles. The number of thiophene rings is 1. The van der Waals surface area contributed by atoms with Crippen LogP contribution < -0.4 is 20.6 Å². The molecule has 4 heteroatoms. The molecule has 0 bridgehead atoms. The van der Waals surface area contributed by atoms with Crippen LogP contribution in [0.5, 0.6) is 0 Å². The van der Waals surface area contributed by atoms with Gasteiger partial charge >= 0.3 is 6.85 Å². The average Bonchev–Trinajstić information content (AvgIpc) is 3.57. The zero-order valence-corrected chi connectivity index (χ0v) is 27.9. The lowest BCUT2D eigenvalue weighted by molar-refractivity contribution is 1.28. The quantitative estimate of drug-likeness (QED) is 0.175. The van der Waals surface area contributed by atoms with Crippen molar-refractivity contribution in [3.05, 3.63) is 176 Å². The van der Waals surface area contributed by atoms with Gasteiger partial charge in [0, 0.05) is 59.4 Å². The number of nitrogens with zero attached hydrogens (tertiary/aromatic N) is 2. The lowest BCUT2D eigenvalue weighted by Crippen LogP contribution is -2.61. The van der Waals surface area contributed by atoms with Gasteiger partial charge in [0.1, 0.15) is 0 Å². The third-order valence-corrected chi connectivity index (χ3v) is 11.8. The van der Waals surface area contributed by atoms with Crippen LogP contribution in [0.1, 0.15) is 0 Å². The van der Waals surface area contributed by atoms with Gasteiger partial charge in [0.2, 0.25) is 0 Å². The van der Waals surface area contributed by atoms with E-state index in [0.717, 1.165) is 0 Å². The molecule has 0 unspecified atom stereocenters. The largest absolute Gasteiger partial charge is 0.376 e. The van der Waals surface area contributed by atoms with Gasteiger partial charge in [-0.25, -0.2) is 0 Å². The second-order valence-electron chi connectivity index (χ2n) is 13.2. The monoisotopic (exact) mass is 652 g/mol. The average molecular weight is 653 g/mol. The van der Waals surface area contributed by atoms with Crippen molar-refractivity contribution in [2.75, 3.05) is 9.71 Å². The van der Waals surface area contributed by atoms with E-state index in [2.05, 4.69) is 186 Å². The standard InChI is InChI=1S/C46H29BN2S/c1-2-14-31(15-3-1)33-28-29-43-44(36-20-7-11-27-42(36)50-43)46(33)48-40-24-10-8-22-37(40)47-45-35(21-13-26-41(45)48)34-19-6-9-23-39(34)49(47)38-25-12-17-30-16-4-5-18-32(30)38/h1-29H. The Bertz CT molecular complexity index is 2800. The minimum absolute atomic E-state index is 0.0204. The molecule has 0 fully saturated rings. The van der Waals surface area contributed by atoms with Gasteiger partial charge in [-0.1, -0.05) is 140 Å². The Kier molecular flexibility index (Phi) is 5.95. The maximum Gasteiger partial charge on any atom is 0.333 e. The Hall–Kier alpha value is -6.10. The predicted molar refractivity (Wildman–Crippen MR) is 216 cm³/mol. The molecule has 232 valence electrons. The molecular formula is C46H29BN2S. The van der Waals surface area contributed by atoms with Crippen LogP contribution in [0.4, 0.5) is 28.4 Å². The van der Waals surface area contributed by atoms with E-state index in [1.165, 1.54) is 92.6 Å². The molecule has 8 aromatic carbocycles. The summed E-state index contributed by atoms with van der Waals surface area (Å²) in [7, 11) is 0. The van der Waals surface area contributed by atoms with E-state index in [4.69, 9.17) is 0 Å². The molecule has 2 aliphatic heterocycles. The van der Waals surface area contributed by atoms with Crippen LogP contribution in [0, 0.1) is 0 Å². The summed E-state index contributed by atoms with van der Waals surface area (Å²) >= 11 is 1.88. The maximum atomic E-state index is 2.61. The molecule has 2 aliphatic rings. The van der Waals surface area contributed by atoms with Crippen LogP contribution in [0.15, 0.2) is 176 Å². The molecule has 0 amide bonds. The van der Waals surface area contributed by atoms with E-state index in [-0.39, 0.29) is 6.85 Å². The lowest BCUT2D eigenvalue weighted by atomic mass is 9.43. The number of hydrogen-bond acceptors (Lipinski definition) is 3. The van der Waals surface area contributed by atoms with Crippen molar-refractivity contribution in [2.24, 2.45) is 0 Å². The van der Waals surface area contributed by atoms with Gasteiger partial charge in [-0.15, -0.1) is 11.3 Å². The summed E-state index contributed by atoms with van der Waals surface area (Å²) in [5.41, 5.74) is 13.8. The topological polar surface area (TPSA) is 6.48 Å². The van der Waals surface area contributed by atoms with Gasteiger partial charge < -0.3 is 9.71 Å². The molecule has 0 atom stereocenters. The van der Waals surface area contributed by atoms with Crippen molar-refractivity contribution >= 4 is 88.5 Å². The highest BCUT2D eigenvalue weighted by molar-refractivity contribution is 7.26. The van der Waals surface area contributed by atoms with E-state index in [9.17, 15) is 0 Å².